The highest BCUT2D eigenvalue weighted by Crippen LogP contribution is 2.25. The Bertz CT molecular complexity index is 1400. The largest absolute Gasteiger partial charge is 0.481 e. The van der Waals surface area contributed by atoms with Crippen molar-refractivity contribution < 1.29 is 14.7 Å². The molecular formula is C31H33ClN4O3. The molecule has 2 aliphatic rings. The zero-order valence-corrected chi connectivity index (χ0v) is 22.7. The standard InChI is InChI=1S/C31H33ClN4O3/c32-24-13-10-22(11-14-24)20-28-26(8-4-5-9-30(37)38)33-29-21-23(12-15-27(29)34-28)31(39)36-18-16-35(17-19-36)25-6-2-1-3-7-25/h1-3,6-7,10,12-15,21-22H,4-5,8-9,11,16-20H2,(H,37,38). The number of hydrogen-bond acceptors (Lipinski definition) is 5. The van der Waals surface area contributed by atoms with Crippen molar-refractivity contribution in [3.63, 3.8) is 0 Å². The lowest BCUT2D eigenvalue weighted by Gasteiger charge is -2.36. The number of para-hydroxylation sites is 1. The van der Waals surface area contributed by atoms with Gasteiger partial charge in [-0.2, -0.15) is 0 Å². The maximum absolute atomic E-state index is 13.4. The molecule has 1 saturated heterocycles. The molecule has 0 radical (unpaired) electrons. The van der Waals surface area contributed by atoms with E-state index >= 15 is 0 Å². The number of halogens is 1. The van der Waals surface area contributed by atoms with Crippen molar-refractivity contribution in [2.24, 2.45) is 5.92 Å². The third kappa shape index (κ3) is 6.84. The van der Waals surface area contributed by atoms with Crippen molar-refractivity contribution >= 4 is 40.2 Å². The number of hydrogen-bond donors (Lipinski definition) is 1. The van der Waals surface area contributed by atoms with Gasteiger partial charge in [-0.25, -0.2) is 9.97 Å². The molecule has 5 rings (SSSR count). The summed E-state index contributed by atoms with van der Waals surface area (Å²) in [6, 6.07) is 15.9. The second-order valence-corrected chi connectivity index (χ2v) is 10.6. The van der Waals surface area contributed by atoms with Gasteiger partial charge in [0.2, 0.25) is 0 Å². The fraction of sp³-hybridized carbons (Fsp3) is 0.355. The van der Waals surface area contributed by atoms with Crippen LogP contribution in [0.5, 0.6) is 0 Å². The summed E-state index contributed by atoms with van der Waals surface area (Å²) < 4.78 is 0. The van der Waals surface area contributed by atoms with Gasteiger partial charge >= 0.3 is 5.97 Å². The SMILES string of the molecule is O=C(O)CCCCc1nc2cc(C(=O)N3CCN(c4ccccc4)CC3)ccc2nc1CC1C=CC(Cl)=CC1. The fourth-order valence-electron chi connectivity index (χ4n) is 5.22. The van der Waals surface area contributed by atoms with E-state index < -0.39 is 5.97 Å². The minimum absolute atomic E-state index is 0.00880. The zero-order valence-electron chi connectivity index (χ0n) is 21.9. The van der Waals surface area contributed by atoms with Crippen LogP contribution < -0.4 is 4.90 Å². The summed E-state index contributed by atoms with van der Waals surface area (Å²) in [7, 11) is 0. The van der Waals surface area contributed by atoms with Gasteiger partial charge in [-0.15, -0.1) is 0 Å². The number of aryl methyl sites for hydroxylation is 1. The summed E-state index contributed by atoms with van der Waals surface area (Å²) in [4.78, 5) is 38.5. The van der Waals surface area contributed by atoms with Gasteiger partial charge in [0.05, 0.1) is 22.4 Å². The van der Waals surface area contributed by atoms with Crippen LogP contribution in [0.3, 0.4) is 0 Å². The van der Waals surface area contributed by atoms with Gasteiger partial charge in [-0.05, 0) is 74.4 Å². The van der Waals surface area contributed by atoms with Crippen LogP contribution in [0.2, 0.25) is 0 Å². The Balaban J connectivity index is 1.32. The molecule has 1 N–H and O–H groups in total. The first-order chi connectivity index (χ1) is 19.0. The highest BCUT2D eigenvalue weighted by Gasteiger charge is 2.23. The predicted octanol–water partition coefficient (Wildman–Crippen LogP) is 5.63. The first-order valence-electron chi connectivity index (χ1n) is 13.6. The Hall–Kier alpha value is -3.71. The number of carboxylic acid groups (broad SMARTS) is 1. The van der Waals surface area contributed by atoms with E-state index in [1.165, 1.54) is 5.69 Å². The molecule has 1 aliphatic carbocycles. The molecule has 1 aliphatic heterocycles. The number of nitrogens with zero attached hydrogens (tertiary/aromatic N) is 4. The number of benzene rings is 2. The van der Waals surface area contributed by atoms with Gasteiger partial charge in [0.1, 0.15) is 0 Å². The van der Waals surface area contributed by atoms with Crippen LogP contribution >= 0.6 is 11.6 Å². The molecule has 0 saturated carbocycles. The van der Waals surface area contributed by atoms with Crippen LogP contribution in [0.4, 0.5) is 5.69 Å². The smallest absolute Gasteiger partial charge is 0.303 e. The normalized spacial score (nSPS) is 17.4. The number of fused-ring (bicyclic) bond motifs is 1. The Labute approximate surface area is 233 Å². The molecule has 0 spiro atoms. The second kappa shape index (κ2) is 12.4. The molecule has 0 bridgehead atoms. The average Bonchev–Trinajstić information content (AvgIpc) is 2.96. The van der Waals surface area contributed by atoms with Gasteiger partial charge in [0.25, 0.3) is 5.91 Å². The van der Waals surface area contributed by atoms with Crippen molar-refractivity contribution in [1.29, 1.82) is 0 Å². The zero-order chi connectivity index (χ0) is 27.2. The number of carboxylic acids is 1. The number of anilines is 1. The number of carbonyl (C=O) groups is 2. The van der Waals surface area contributed by atoms with Crippen molar-refractivity contribution in [3.8, 4) is 0 Å². The number of aliphatic carboxylic acids is 1. The summed E-state index contributed by atoms with van der Waals surface area (Å²) in [6.45, 7) is 2.92. The molecule has 1 atom stereocenters. The molecule has 2 heterocycles. The highest BCUT2D eigenvalue weighted by molar-refractivity contribution is 6.31. The number of carbonyl (C=O) groups excluding carboxylic acids is 1. The molecule has 39 heavy (non-hydrogen) atoms. The van der Waals surface area contributed by atoms with E-state index in [0.717, 1.165) is 54.3 Å². The Morgan fingerprint density at radius 1 is 0.949 bits per heavy atom. The average molecular weight is 545 g/mol. The maximum Gasteiger partial charge on any atom is 0.303 e. The van der Waals surface area contributed by atoms with Crippen molar-refractivity contribution in [2.75, 3.05) is 31.1 Å². The van der Waals surface area contributed by atoms with Gasteiger partial charge in [-0.1, -0.05) is 42.0 Å². The van der Waals surface area contributed by atoms with E-state index in [1.54, 1.807) is 0 Å². The highest BCUT2D eigenvalue weighted by atomic mass is 35.5. The minimum atomic E-state index is -0.788. The molecule has 3 aromatic rings. The topological polar surface area (TPSA) is 86.6 Å². The number of amides is 1. The van der Waals surface area contributed by atoms with E-state index in [-0.39, 0.29) is 18.2 Å². The van der Waals surface area contributed by atoms with E-state index in [9.17, 15) is 9.59 Å². The first-order valence-corrected chi connectivity index (χ1v) is 14.0. The lowest BCUT2D eigenvalue weighted by molar-refractivity contribution is -0.137. The van der Waals surface area contributed by atoms with Crippen molar-refractivity contribution in [2.45, 2.75) is 38.5 Å². The molecule has 1 amide bonds. The number of unbranched alkanes of at least 4 members (excludes halogenated alkanes) is 1. The molecular weight excluding hydrogens is 512 g/mol. The third-order valence-electron chi connectivity index (χ3n) is 7.41. The molecule has 202 valence electrons. The second-order valence-electron chi connectivity index (χ2n) is 10.2. The maximum atomic E-state index is 13.4. The minimum Gasteiger partial charge on any atom is -0.481 e. The lowest BCUT2D eigenvalue weighted by atomic mass is 9.93. The number of piperazine rings is 1. The van der Waals surface area contributed by atoms with Gasteiger partial charge in [-0.3, -0.25) is 9.59 Å². The van der Waals surface area contributed by atoms with Crippen molar-refractivity contribution in [3.05, 3.63) is 88.7 Å². The summed E-state index contributed by atoms with van der Waals surface area (Å²) in [5, 5.41) is 9.77. The summed E-state index contributed by atoms with van der Waals surface area (Å²) in [5.41, 5.74) is 5.06. The first kappa shape index (κ1) is 26.9. The quantitative estimate of drug-likeness (QED) is 0.351. The van der Waals surface area contributed by atoms with Crippen LogP contribution in [0.15, 0.2) is 71.8 Å². The van der Waals surface area contributed by atoms with Crippen LogP contribution in [-0.4, -0.2) is 58.0 Å². The van der Waals surface area contributed by atoms with E-state index in [4.69, 9.17) is 26.7 Å². The van der Waals surface area contributed by atoms with Crippen LogP contribution in [-0.2, 0) is 17.6 Å². The molecule has 1 unspecified atom stereocenters. The summed E-state index contributed by atoms with van der Waals surface area (Å²) >= 11 is 6.10. The fourth-order valence-corrected chi connectivity index (χ4v) is 5.38. The van der Waals surface area contributed by atoms with Crippen LogP contribution in [0, 0.1) is 5.92 Å². The van der Waals surface area contributed by atoms with Gasteiger partial charge < -0.3 is 14.9 Å². The Morgan fingerprint density at radius 2 is 1.72 bits per heavy atom. The van der Waals surface area contributed by atoms with E-state index in [1.807, 2.05) is 53.5 Å². The lowest BCUT2D eigenvalue weighted by Crippen LogP contribution is -2.48. The Morgan fingerprint density at radius 3 is 2.44 bits per heavy atom. The molecule has 1 aromatic heterocycles. The van der Waals surface area contributed by atoms with Crippen LogP contribution in [0.1, 0.15) is 47.4 Å². The third-order valence-corrected chi connectivity index (χ3v) is 7.69. The molecule has 2 aromatic carbocycles. The molecule has 8 heteroatoms. The number of aromatic nitrogens is 2. The molecule has 1 fully saturated rings. The summed E-state index contributed by atoms with van der Waals surface area (Å²) in [6.07, 6.45) is 9.74. The van der Waals surface area contributed by atoms with Gasteiger partial charge in [0, 0.05) is 48.9 Å². The predicted molar refractivity (Wildman–Crippen MR) is 154 cm³/mol. The molecule has 7 nitrogen and oxygen atoms in total. The van der Waals surface area contributed by atoms with Crippen LogP contribution in [0.25, 0.3) is 11.0 Å². The van der Waals surface area contributed by atoms with E-state index in [0.29, 0.717) is 37.0 Å². The monoisotopic (exact) mass is 544 g/mol. The number of rotatable bonds is 9. The van der Waals surface area contributed by atoms with Crippen molar-refractivity contribution in [1.82, 2.24) is 14.9 Å². The Kier molecular flexibility index (Phi) is 8.57. The number of allylic oxidation sites excluding steroid dienone is 4. The summed E-state index contributed by atoms with van der Waals surface area (Å²) in [5.74, 6) is -0.495. The van der Waals surface area contributed by atoms with E-state index in [2.05, 4.69) is 23.1 Å². The van der Waals surface area contributed by atoms with Gasteiger partial charge in [0.15, 0.2) is 0 Å².